The number of hydrogen-bond donors (Lipinski definition) is 0. The molecule has 0 aliphatic carbocycles. The summed E-state index contributed by atoms with van der Waals surface area (Å²) in [5, 5.41) is 0. The summed E-state index contributed by atoms with van der Waals surface area (Å²) in [4.78, 5) is 23.2. The second-order valence-electron chi connectivity index (χ2n) is 5.85. The van der Waals surface area contributed by atoms with Gasteiger partial charge in [-0.05, 0) is 25.0 Å². The van der Waals surface area contributed by atoms with Crippen LogP contribution in [0, 0.1) is 0 Å². The summed E-state index contributed by atoms with van der Waals surface area (Å²) >= 11 is 0. The molecule has 0 bridgehead atoms. The Hall–Kier alpha value is -1.62. The van der Waals surface area contributed by atoms with Gasteiger partial charge in [0.2, 0.25) is 5.91 Å². The number of carbonyl (C=O) groups excluding carboxylic acids is 1. The molecule has 2 saturated heterocycles. The maximum Gasteiger partial charge on any atom is 0.223 e. The van der Waals surface area contributed by atoms with E-state index in [0.717, 1.165) is 51.6 Å². The fourth-order valence-corrected chi connectivity index (χ4v) is 3.12. The first kappa shape index (κ1) is 14.3. The second kappa shape index (κ2) is 6.89. The highest BCUT2D eigenvalue weighted by Gasteiger charge is 2.21. The largest absolute Gasteiger partial charge is 0.354 e. The zero-order valence-electron chi connectivity index (χ0n) is 12.6. The van der Waals surface area contributed by atoms with E-state index in [1.54, 1.807) is 0 Å². The van der Waals surface area contributed by atoms with Crippen LogP contribution in [-0.2, 0) is 4.79 Å². The number of rotatable bonds is 4. The minimum absolute atomic E-state index is 0.333. The highest BCUT2D eigenvalue weighted by atomic mass is 16.2. The topological polar surface area (TPSA) is 39.7 Å². The lowest BCUT2D eigenvalue weighted by Crippen LogP contribution is -2.47. The number of nitrogens with zero attached hydrogens (tertiary/aromatic N) is 4. The van der Waals surface area contributed by atoms with Gasteiger partial charge in [0.15, 0.2) is 0 Å². The molecular formula is C16H24N4O. The van der Waals surface area contributed by atoms with Crippen LogP contribution in [0.15, 0.2) is 24.4 Å². The minimum atomic E-state index is 0.333. The van der Waals surface area contributed by atoms with Gasteiger partial charge in [0.25, 0.3) is 0 Å². The predicted octanol–water partition coefficient (Wildman–Crippen LogP) is 1.22. The second-order valence-corrected chi connectivity index (χ2v) is 5.85. The van der Waals surface area contributed by atoms with Gasteiger partial charge in [-0.2, -0.15) is 0 Å². The Morgan fingerprint density at radius 2 is 1.81 bits per heavy atom. The van der Waals surface area contributed by atoms with Crippen molar-refractivity contribution in [3.8, 4) is 0 Å². The maximum atomic E-state index is 12.1. The highest BCUT2D eigenvalue weighted by Crippen LogP contribution is 2.13. The Morgan fingerprint density at radius 1 is 1.05 bits per heavy atom. The normalized spacial score (nSPS) is 20.0. The third-order valence-corrected chi connectivity index (χ3v) is 4.45. The molecule has 5 nitrogen and oxygen atoms in total. The summed E-state index contributed by atoms with van der Waals surface area (Å²) in [5.74, 6) is 1.39. The number of amides is 1. The molecule has 0 saturated carbocycles. The summed E-state index contributed by atoms with van der Waals surface area (Å²) in [7, 11) is 0. The average Bonchev–Trinajstić information content (AvgIpc) is 3.08. The van der Waals surface area contributed by atoms with E-state index in [4.69, 9.17) is 0 Å². The molecule has 1 aromatic heterocycles. The monoisotopic (exact) mass is 288 g/mol. The molecule has 0 aromatic carbocycles. The van der Waals surface area contributed by atoms with Crippen molar-refractivity contribution in [3.63, 3.8) is 0 Å². The quantitative estimate of drug-likeness (QED) is 0.835. The fraction of sp³-hybridized carbons (Fsp3) is 0.625. The average molecular weight is 288 g/mol. The van der Waals surface area contributed by atoms with Crippen LogP contribution < -0.4 is 4.90 Å². The van der Waals surface area contributed by atoms with Crippen molar-refractivity contribution in [3.05, 3.63) is 24.4 Å². The van der Waals surface area contributed by atoms with Crippen molar-refractivity contribution in [2.45, 2.75) is 19.3 Å². The van der Waals surface area contributed by atoms with Gasteiger partial charge in [-0.15, -0.1) is 0 Å². The molecule has 2 aliphatic rings. The zero-order chi connectivity index (χ0) is 14.5. The van der Waals surface area contributed by atoms with Gasteiger partial charge >= 0.3 is 0 Å². The molecule has 21 heavy (non-hydrogen) atoms. The highest BCUT2D eigenvalue weighted by molar-refractivity contribution is 5.76. The van der Waals surface area contributed by atoms with Crippen molar-refractivity contribution in [2.75, 3.05) is 50.7 Å². The van der Waals surface area contributed by atoms with Gasteiger partial charge in [-0.3, -0.25) is 9.69 Å². The standard InChI is InChI=1S/C16H24N4O/c21-16(20-8-3-4-9-20)6-10-18-11-13-19(14-12-18)15-5-1-2-7-17-15/h1-2,5,7H,3-4,6,8-14H2. The van der Waals surface area contributed by atoms with Crippen molar-refractivity contribution in [2.24, 2.45) is 0 Å². The number of pyridine rings is 1. The van der Waals surface area contributed by atoms with Crippen molar-refractivity contribution in [1.82, 2.24) is 14.8 Å². The van der Waals surface area contributed by atoms with Crippen LogP contribution in [0.3, 0.4) is 0 Å². The molecule has 2 fully saturated rings. The van der Waals surface area contributed by atoms with Crippen LogP contribution >= 0.6 is 0 Å². The van der Waals surface area contributed by atoms with Crippen LogP contribution in [0.25, 0.3) is 0 Å². The Labute approximate surface area is 126 Å². The van der Waals surface area contributed by atoms with Crippen molar-refractivity contribution in [1.29, 1.82) is 0 Å². The van der Waals surface area contributed by atoms with Crippen molar-refractivity contribution >= 4 is 11.7 Å². The predicted molar refractivity (Wildman–Crippen MR) is 83.3 cm³/mol. The third-order valence-electron chi connectivity index (χ3n) is 4.45. The van der Waals surface area contributed by atoms with E-state index < -0.39 is 0 Å². The SMILES string of the molecule is O=C(CCN1CCN(c2ccccn2)CC1)N1CCCC1. The van der Waals surface area contributed by atoms with E-state index in [-0.39, 0.29) is 0 Å². The summed E-state index contributed by atoms with van der Waals surface area (Å²) in [6.45, 7) is 6.85. The molecule has 0 radical (unpaired) electrons. The molecule has 0 unspecified atom stereocenters. The first-order valence-corrected chi connectivity index (χ1v) is 7.99. The van der Waals surface area contributed by atoms with E-state index in [9.17, 15) is 4.79 Å². The summed E-state index contributed by atoms with van der Waals surface area (Å²) < 4.78 is 0. The van der Waals surface area contributed by atoms with Gasteiger partial charge in [0, 0.05) is 58.4 Å². The number of hydrogen-bond acceptors (Lipinski definition) is 4. The van der Waals surface area contributed by atoms with E-state index in [1.165, 1.54) is 12.8 Å². The minimum Gasteiger partial charge on any atom is -0.354 e. The molecule has 5 heteroatoms. The first-order chi connectivity index (χ1) is 10.3. The number of carbonyl (C=O) groups is 1. The van der Waals surface area contributed by atoms with Gasteiger partial charge < -0.3 is 9.80 Å². The van der Waals surface area contributed by atoms with Gasteiger partial charge in [-0.25, -0.2) is 4.98 Å². The van der Waals surface area contributed by atoms with Crippen LogP contribution in [0.2, 0.25) is 0 Å². The van der Waals surface area contributed by atoms with E-state index in [1.807, 2.05) is 23.2 Å². The summed E-state index contributed by atoms with van der Waals surface area (Å²) in [6.07, 6.45) is 4.86. The van der Waals surface area contributed by atoms with Crippen LogP contribution in [0.5, 0.6) is 0 Å². The van der Waals surface area contributed by atoms with Crippen molar-refractivity contribution < 1.29 is 4.79 Å². The lowest BCUT2D eigenvalue weighted by molar-refractivity contribution is -0.130. The first-order valence-electron chi connectivity index (χ1n) is 7.99. The molecule has 0 N–H and O–H groups in total. The molecule has 1 aromatic rings. The Kier molecular flexibility index (Phi) is 4.70. The Balaban J connectivity index is 1.40. The van der Waals surface area contributed by atoms with E-state index >= 15 is 0 Å². The molecule has 1 amide bonds. The maximum absolute atomic E-state index is 12.1. The molecular weight excluding hydrogens is 264 g/mol. The lowest BCUT2D eigenvalue weighted by atomic mass is 10.2. The van der Waals surface area contributed by atoms with E-state index in [0.29, 0.717) is 12.3 Å². The molecule has 2 aliphatic heterocycles. The summed E-state index contributed by atoms with van der Waals surface area (Å²) in [5.41, 5.74) is 0. The molecule has 114 valence electrons. The lowest BCUT2D eigenvalue weighted by Gasteiger charge is -2.35. The molecule has 3 rings (SSSR count). The van der Waals surface area contributed by atoms with Gasteiger partial charge in [0.05, 0.1) is 0 Å². The van der Waals surface area contributed by atoms with Crippen LogP contribution in [0.4, 0.5) is 5.82 Å². The smallest absolute Gasteiger partial charge is 0.223 e. The van der Waals surface area contributed by atoms with Crippen LogP contribution in [-0.4, -0.2) is 66.5 Å². The summed E-state index contributed by atoms with van der Waals surface area (Å²) in [6, 6.07) is 6.04. The third kappa shape index (κ3) is 3.73. The van der Waals surface area contributed by atoms with Crippen LogP contribution in [0.1, 0.15) is 19.3 Å². The van der Waals surface area contributed by atoms with Gasteiger partial charge in [0.1, 0.15) is 5.82 Å². The number of piperazine rings is 1. The number of aromatic nitrogens is 1. The zero-order valence-corrected chi connectivity index (χ0v) is 12.6. The molecule has 3 heterocycles. The Morgan fingerprint density at radius 3 is 2.48 bits per heavy atom. The number of anilines is 1. The Bertz CT molecular complexity index is 451. The van der Waals surface area contributed by atoms with E-state index in [2.05, 4.69) is 20.9 Å². The number of likely N-dealkylation sites (tertiary alicyclic amines) is 1. The molecule has 0 atom stereocenters. The fourth-order valence-electron chi connectivity index (χ4n) is 3.12. The van der Waals surface area contributed by atoms with Gasteiger partial charge in [-0.1, -0.05) is 6.07 Å². The molecule has 0 spiro atoms.